The van der Waals surface area contributed by atoms with Gasteiger partial charge in [-0.3, -0.25) is 14.3 Å². The average Bonchev–Trinajstić information content (AvgIpc) is 3.74. The van der Waals surface area contributed by atoms with E-state index in [0.717, 1.165) is 28.4 Å². The summed E-state index contributed by atoms with van der Waals surface area (Å²) in [6, 6.07) is 9.23. The number of rotatable bonds is 8. The van der Waals surface area contributed by atoms with E-state index in [1.165, 1.54) is 32.7 Å². The van der Waals surface area contributed by atoms with Gasteiger partial charge in [0.2, 0.25) is 5.75 Å². The number of benzene rings is 1. The zero-order chi connectivity index (χ0) is 27.5. The van der Waals surface area contributed by atoms with Crippen LogP contribution in [0, 0.1) is 0 Å². The van der Waals surface area contributed by atoms with Gasteiger partial charge in [-0.05, 0) is 36.4 Å². The summed E-state index contributed by atoms with van der Waals surface area (Å²) < 4.78 is 17.9. The predicted octanol–water partition coefficient (Wildman–Crippen LogP) is 4.90. The van der Waals surface area contributed by atoms with Gasteiger partial charge < -0.3 is 24.4 Å². The van der Waals surface area contributed by atoms with E-state index in [0.29, 0.717) is 47.4 Å². The molecule has 10 nitrogen and oxygen atoms in total. The van der Waals surface area contributed by atoms with Gasteiger partial charge in [-0.2, -0.15) is 5.10 Å². The van der Waals surface area contributed by atoms with Crippen LogP contribution >= 0.6 is 22.7 Å². The van der Waals surface area contributed by atoms with Crippen LogP contribution < -0.4 is 19.5 Å². The van der Waals surface area contributed by atoms with Crippen LogP contribution in [0.3, 0.4) is 0 Å². The number of thiazole rings is 1. The van der Waals surface area contributed by atoms with E-state index in [2.05, 4.69) is 15.4 Å². The molecular weight excluding hydrogens is 538 g/mol. The van der Waals surface area contributed by atoms with Gasteiger partial charge in [0.05, 0.1) is 36.8 Å². The lowest BCUT2D eigenvalue weighted by Gasteiger charge is -2.31. The maximum Gasteiger partial charge on any atom is 0.276 e. The minimum atomic E-state index is -0.272. The first-order chi connectivity index (χ1) is 18.9. The van der Waals surface area contributed by atoms with Crippen molar-refractivity contribution in [2.24, 2.45) is 7.05 Å². The molecule has 4 aromatic rings. The summed E-state index contributed by atoms with van der Waals surface area (Å²) in [5, 5.41) is 12.1. The molecule has 3 aromatic heterocycles. The van der Waals surface area contributed by atoms with Crippen molar-refractivity contribution in [3.05, 3.63) is 57.4 Å². The highest BCUT2D eigenvalue weighted by Crippen LogP contribution is 2.41. The summed E-state index contributed by atoms with van der Waals surface area (Å²) in [6.45, 7) is 1.14. The molecule has 1 fully saturated rings. The number of amides is 2. The Morgan fingerprint density at radius 3 is 2.46 bits per heavy atom. The Kier molecular flexibility index (Phi) is 7.84. The molecule has 204 valence electrons. The van der Waals surface area contributed by atoms with Crippen molar-refractivity contribution in [2.45, 2.75) is 18.8 Å². The summed E-state index contributed by atoms with van der Waals surface area (Å²) in [6.07, 6.45) is 1.50. The van der Waals surface area contributed by atoms with Crippen molar-refractivity contribution >= 4 is 40.3 Å². The predicted molar refractivity (Wildman–Crippen MR) is 151 cm³/mol. The van der Waals surface area contributed by atoms with Crippen LogP contribution in [0.15, 0.2) is 41.1 Å². The van der Waals surface area contributed by atoms with Crippen molar-refractivity contribution in [2.75, 3.05) is 39.7 Å². The van der Waals surface area contributed by atoms with Crippen molar-refractivity contribution in [1.29, 1.82) is 0 Å². The smallest absolute Gasteiger partial charge is 0.276 e. The number of hydrogen-bond donors (Lipinski definition) is 1. The van der Waals surface area contributed by atoms with Gasteiger partial charge in [0.25, 0.3) is 11.8 Å². The first-order valence-corrected chi connectivity index (χ1v) is 14.1. The quantitative estimate of drug-likeness (QED) is 0.323. The molecule has 4 heterocycles. The number of anilines is 1. The Morgan fingerprint density at radius 2 is 1.79 bits per heavy atom. The van der Waals surface area contributed by atoms with Crippen LogP contribution in [0.4, 0.5) is 5.82 Å². The molecule has 1 N–H and O–H groups in total. The number of thiophene rings is 1. The standard InChI is InChI=1S/C27H29N5O5S2/c1-31-22(14-18(30-31)21-6-5-13-38-21)29-25(33)19-15-39-26(28-19)16-9-11-32(12-10-16)27(34)17-7-8-20(35-2)24(37-4)23(17)36-3/h5-8,13-16H,9-12H2,1-4H3,(H,29,33). The van der Waals surface area contributed by atoms with E-state index in [9.17, 15) is 9.59 Å². The third-order valence-corrected chi connectivity index (χ3v) is 8.62. The highest BCUT2D eigenvalue weighted by atomic mass is 32.1. The highest BCUT2D eigenvalue weighted by Gasteiger charge is 2.30. The number of carbonyl (C=O) groups is 2. The molecule has 0 spiro atoms. The molecular formula is C27H29N5O5S2. The minimum Gasteiger partial charge on any atom is -0.493 e. The molecule has 5 rings (SSSR count). The lowest BCUT2D eigenvalue weighted by atomic mass is 9.97. The fourth-order valence-electron chi connectivity index (χ4n) is 4.66. The fraction of sp³-hybridized carbons (Fsp3) is 0.333. The number of aryl methyl sites for hydroxylation is 1. The molecule has 0 saturated carbocycles. The molecule has 0 bridgehead atoms. The van der Waals surface area contributed by atoms with Crippen LogP contribution in [-0.4, -0.2) is 65.9 Å². The normalized spacial score (nSPS) is 13.8. The molecule has 0 unspecified atom stereocenters. The molecule has 39 heavy (non-hydrogen) atoms. The Labute approximate surface area is 234 Å². The van der Waals surface area contributed by atoms with Crippen molar-refractivity contribution in [3.63, 3.8) is 0 Å². The lowest BCUT2D eigenvalue weighted by Crippen LogP contribution is -2.38. The molecule has 0 aliphatic carbocycles. The summed E-state index contributed by atoms with van der Waals surface area (Å²) in [4.78, 5) is 33.8. The van der Waals surface area contributed by atoms with E-state index < -0.39 is 0 Å². The maximum atomic E-state index is 13.3. The topological polar surface area (TPSA) is 108 Å². The van der Waals surface area contributed by atoms with E-state index in [1.54, 1.807) is 40.6 Å². The SMILES string of the molecule is COc1ccc(C(=O)N2CCC(c3nc(C(=O)Nc4cc(-c5cccs5)nn4C)cs3)CC2)c(OC)c1OC. The highest BCUT2D eigenvalue weighted by molar-refractivity contribution is 7.13. The summed E-state index contributed by atoms with van der Waals surface area (Å²) in [5.74, 6) is 1.64. The number of likely N-dealkylation sites (tertiary alicyclic amines) is 1. The van der Waals surface area contributed by atoms with Crippen LogP contribution in [-0.2, 0) is 7.05 Å². The molecule has 1 aromatic carbocycles. The van der Waals surface area contributed by atoms with Gasteiger partial charge >= 0.3 is 0 Å². The summed E-state index contributed by atoms with van der Waals surface area (Å²) in [5.41, 5.74) is 1.62. The number of ether oxygens (including phenoxy) is 3. The van der Waals surface area contributed by atoms with Gasteiger partial charge in [-0.1, -0.05) is 6.07 Å². The molecule has 0 radical (unpaired) electrons. The summed E-state index contributed by atoms with van der Waals surface area (Å²) >= 11 is 3.07. The molecule has 1 aliphatic heterocycles. The van der Waals surface area contributed by atoms with Gasteiger partial charge in [0.1, 0.15) is 17.2 Å². The van der Waals surface area contributed by atoms with E-state index in [1.807, 2.05) is 28.5 Å². The number of aromatic nitrogens is 3. The third-order valence-electron chi connectivity index (χ3n) is 6.72. The Morgan fingerprint density at radius 1 is 1.03 bits per heavy atom. The Balaban J connectivity index is 1.22. The molecule has 1 saturated heterocycles. The summed E-state index contributed by atoms with van der Waals surface area (Å²) in [7, 11) is 6.36. The van der Waals surface area contributed by atoms with Crippen LogP contribution in [0.1, 0.15) is 44.6 Å². The van der Waals surface area contributed by atoms with Gasteiger partial charge in [0, 0.05) is 37.5 Å². The molecule has 1 aliphatic rings. The van der Waals surface area contributed by atoms with Gasteiger partial charge in [-0.25, -0.2) is 4.98 Å². The lowest BCUT2D eigenvalue weighted by molar-refractivity contribution is 0.0708. The minimum absolute atomic E-state index is 0.122. The largest absolute Gasteiger partial charge is 0.493 e. The second-order valence-corrected chi connectivity index (χ2v) is 10.8. The second kappa shape index (κ2) is 11.5. The number of nitrogens with zero attached hydrogens (tertiary/aromatic N) is 4. The number of hydrogen-bond acceptors (Lipinski definition) is 9. The van der Waals surface area contributed by atoms with E-state index >= 15 is 0 Å². The fourth-order valence-corrected chi connectivity index (χ4v) is 6.31. The Bertz CT molecular complexity index is 1470. The average molecular weight is 568 g/mol. The number of piperidine rings is 1. The zero-order valence-corrected chi connectivity index (χ0v) is 23.7. The van der Waals surface area contributed by atoms with Crippen LogP contribution in [0.5, 0.6) is 17.2 Å². The van der Waals surface area contributed by atoms with Gasteiger partial charge in [0.15, 0.2) is 11.5 Å². The third kappa shape index (κ3) is 5.34. The number of nitrogens with one attached hydrogen (secondary N) is 1. The molecule has 2 amide bonds. The second-order valence-electron chi connectivity index (χ2n) is 8.99. The zero-order valence-electron chi connectivity index (χ0n) is 22.1. The number of methoxy groups -OCH3 is 3. The first kappa shape index (κ1) is 26.7. The number of carbonyl (C=O) groups excluding carboxylic acids is 2. The first-order valence-electron chi connectivity index (χ1n) is 12.4. The van der Waals surface area contributed by atoms with Crippen LogP contribution in [0.2, 0.25) is 0 Å². The van der Waals surface area contributed by atoms with Gasteiger partial charge in [-0.15, -0.1) is 22.7 Å². The van der Waals surface area contributed by atoms with Crippen LogP contribution in [0.25, 0.3) is 10.6 Å². The molecule has 0 atom stereocenters. The van der Waals surface area contributed by atoms with Crippen molar-refractivity contribution in [3.8, 4) is 27.8 Å². The van der Waals surface area contributed by atoms with Crippen molar-refractivity contribution in [1.82, 2.24) is 19.7 Å². The van der Waals surface area contributed by atoms with Crippen molar-refractivity contribution < 1.29 is 23.8 Å². The monoisotopic (exact) mass is 567 g/mol. The van der Waals surface area contributed by atoms with E-state index in [-0.39, 0.29) is 17.7 Å². The maximum absolute atomic E-state index is 13.3. The van der Waals surface area contributed by atoms with E-state index in [4.69, 9.17) is 14.2 Å². The molecule has 12 heteroatoms. The Hall–Kier alpha value is -3.90.